The molecule has 0 aliphatic carbocycles. The molecule has 2 rings (SSSR count). The van der Waals surface area contributed by atoms with E-state index in [9.17, 15) is 4.79 Å². The third kappa shape index (κ3) is 1.89. The first-order valence-electron chi connectivity index (χ1n) is 4.83. The van der Waals surface area contributed by atoms with E-state index in [4.69, 9.17) is 5.73 Å². The van der Waals surface area contributed by atoms with Crippen LogP contribution in [-0.4, -0.2) is 20.5 Å². The molecule has 0 aliphatic rings. The van der Waals surface area contributed by atoms with E-state index in [-0.39, 0.29) is 11.8 Å². The van der Waals surface area contributed by atoms with E-state index in [1.165, 1.54) is 16.0 Å². The molecule has 2 N–H and O–H groups in total. The molecule has 0 bridgehead atoms. The minimum Gasteiger partial charge on any atom is -0.322 e. The molecule has 0 saturated heterocycles. The van der Waals surface area contributed by atoms with E-state index in [0.717, 1.165) is 5.01 Å². The Bertz CT molecular complexity index is 514. The quantitative estimate of drug-likeness (QED) is 0.811. The summed E-state index contributed by atoms with van der Waals surface area (Å²) in [4.78, 5) is 16.2. The summed E-state index contributed by atoms with van der Waals surface area (Å²) >= 11 is 1.40. The van der Waals surface area contributed by atoms with Gasteiger partial charge in [-0.15, -0.1) is 11.3 Å². The summed E-state index contributed by atoms with van der Waals surface area (Å²) in [5.74, 6) is -0.122. The Morgan fingerprint density at radius 3 is 2.88 bits per heavy atom. The molecule has 5 nitrogen and oxygen atoms in total. The number of hydrogen-bond donors (Lipinski definition) is 1. The van der Waals surface area contributed by atoms with Crippen LogP contribution in [0.15, 0.2) is 17.6 Å². The van der Waals surface area contributed by atoms with Crippen molar-refractivity contribution < 1.29 is 4.79 Å². The number of thiazole rings is 1. The molecule has 84 valence electrons. The van der Waals surface area contributed by atoms with Crippen LogP contribution in [0, 0.1) is 0 Å². The van der Waals surface area contributed by atoms with Crippen LogP contribution < -0.4 is 5.73 Å². The summed E-state index contributed by atoms with van der Waals surface area (Å²) in [5.41, 5.74) is 6.66. The first-order chi connectivity index (χ1) is 7.59. The van der Waals surface area contributed by atoms with Crippen molar-refractivity contribution in [2.45, 2.75) is 13.0 Å². The highest BCUT2D eigenvalue weighted by Gasteiger charge is 2.17. The molecular formula is C10H12N4OS. The number of carbonyl (C=O) groups is 1. The van der Waals surface area contributed by atoms with Crippen molar-refractivity contribution >= 4 is 17.1 Å². The van der Waals surface area contributed by atoms with E-state index in [2.05, 4.69) is 10.1 Å². The average molecular weight is 236 g/mol. The number of aromatic nitrogens is 3. The van der Waals surface area contributed by atoms with Crippen molar-refractivity contribution in [3.8, 4) is 0 Å². The monoisotopic (exact) mass is 236 g/mol. The fourth-order valence-corrected chi connectivity index (χ4v) is 2.09. The lowest BCUT2D eigenvalue weighted by molar-refractivity contribution is 0.102. The van der Waals surface area contributed by atoms with E-state index in [1.807, 2.05) is 6.92 Å². The molecule has 16 heavy (non-hydrogen) atoms. The smallest absolute Gasteiger partial charge is 0.230 e. The highest BCUT2D eigenvalue weighted by atomic mass is 32.1. The molecule has 2 aromatic rings. The van der Waals surface area contributed by atoms with Crippen LogP contribution in [0.5, 0.6) is 0 Å². The second kappa shape index (κ2) is 4.15. The predicted molar refractivity (Wildman–Crippen MR) is 61.4 cm³/mol. The van der Waals surface area contributed by atoms with Crippen molar-refractivity contribution in [3.63, 3.8) is 0 Å². The van der Waals surface area contributed by atoms with Crippen molar-refractivity contribution in [2.75, 3.05) is 0 Å². The summed E-state index contributed by atoms with van der Waals surface area (Å²) in [7, 11) is 1.73. The molecule has 0 aromatic carbocycles. The molecule has 6 heteroatoms. The van der Waals surface area contributed by atoms with Crippen LogP contribution in [0.4, 0.5) is 0 Å². The first-order valence-corrected chi connectivity index (χ1v) is 5.71. The Morgan fingerprint density at radius 2 is 2.38 bits per heavy atom. The Balaban J connectivity index is 2.31. The number of ketones is 1. The minimum atomic E-state index is -0.141. The number of aryl methyl sites for hydroxylation is 1. The van der Waals surface area contributed by atoms with Gasteiger partial charge in [0.25, 0.3) is 0 Å². The van der Waals surface area contributed by atoms with E-state index >= 15 is 0 Å². The number of nitrogens with zero attached hydrogens (tertiary/aromatic N) is 3. The van der Waals surface area contributed by atoms with Crippen LogP contribution in [0.3, 0.4) is 0 Å². The highest BCUT2D eigenvalue weighted by Crippen LogP contribution is 2.17. The standard InChI is InChI=1S/C10H12N4OS/c1-6(11)10-13-7(5-16-10)9(15)8-3-4-12-14(8)2/h3-6H,11H2,1-2H3. The lowest BCUT2D eigenvalue weighted by Crippen LogP contribution is -2.10. The van der Waals surface area contributed by atoms with Gasteiger partial charge < -0.3 is 5.73 Å². The Morgan fingerprint density at radius 1 is 1.62 bits per heavy atom. The fourth-order valence-electron chi connectivity index (χ4n) is 1.33. The summed E-state index contributed by atoms with van der Waals surface area (Å²) in [6.45, 7) is 1.84. The van der Waals surface area contributed by atoms with Crippen molar-refractivity contribution in [2.24, 2.45) is 12.8 Å². The average Bonchev–Trinajstić information content (AvgIpc) is 2.84. The molecule has 0 spiro atoms. The number of hydrogen-bond acceptors (Lipinski definition) is 5. The van der Waals surface area contributed by atoms with Gasteiger partial charge in [0.05, 0.1) is 6.04 Å². The molecule has 2 aromatic heterocycles. The molecular weight excluding hydrogens is 224 g/mol. The number of rotatable bonds is 3. The van der Waals surface area contributed by atoms with Gasteiger partial charge in [-0.25, -0.2) is 4.98 Å². The third-order valence-corrected chi connectivity index (χ3v) is 3.24. The summed E-state index contributed by atoms with van der Waals surface area (Å²) in [6.07, 6.45) is 1.59. The van der Waals surface area contributed by atoms with E-state index in [1.54, 1.807) is 24.7 Å². The lowest BCUT2D eigenvalue weighted by Gasteiger charge is -1.98. The third-order valence-electron chi connectivity index (χ3n) is 2.20. The van der Waals surface area contributed by atoms with Crippen LogP contribution in [-0.2, 0) is 7.05 Å². The Hall–Kier alpha value is -1.53. The second-order valence-corrected chi connectivity index (χ2v) is 4.42. The second-order valence-electron chi connectivity index (χ2n) is 3.53. The lowest BCUT2D eigenvalue weighted by atomic mass is 10.2. The van der Waals surface area contributed by atoms with Gasteiger partial charge in [0.2, 0.25) is 5.78 Å². The molecule has 0 saturated carbocycles. The largest absolute Gasteiger partial charge is 0.322 e. The maximum absolute atomic E-state index is 12.0. The maximum Gasteiger partial charge on any atom is 0.230 e. The van der Waals surface area contributed by atoms with Gasteiger partial charge >= 0.3 is 0 Å². The number of nitrogens with two attached hydrogens (primary N) is 1. The summed E-state index contributed by atoms with van der Waals surface area (Å²) in [6, 6.07) is 1.53. The van der Waals surface area contributed by atoms with Crippen molar-refractivity contribution in [1.82, 2.24) is 14.8 Å². The first kappa shape index (κ1) is 11.0. The molecule has 0 amide bonds. The van der Waals surface area contributed by atoms with Crippen LogP contribution in [0.2, 0.25) is 0 Å². The van der Waals surface area contributed by atoms with Crippen molar-refractivity contribution in [1.29, 1.82) is 0 Å². The normalized spacial score (nSPS) is 12.7. The van der Waals surface area contributed by atoms with Crippen LogP contribution >= 0.6 is 11.3 Å². The van der Waals surface area contributed by atoms with Gasteiger partial charge in [-0.1, -0.05) is 0 Å². The SMILES string of the molecule is CC(N)c1nc(C(=O)c2ccnn2C)cs1. The fraction of sp³-hybridized carbons (Fsp3) is 0.300. The minimum absolute atomic E-state index is 0.122. The molecule has 2 heterocycles. The molecule has 1 atom stereocenters. The Kier molecular flexibility index (Phi) is 2.84. The molecule has 0 fully saturated rings. The van der Waals surface area contributed by atoms with Gasteiger partial charge in [-0.3, -0.25) is 9.48 Å². The molecule has 0 aliphatic heterocycles. The summed E-state index contributed by atoms with van der Waals surface area (Å²) < 4.78 is 1.53. The van der Waals surface area contributed by atoms with Gasteiger partial charge in [-0.2, -0.15) is 5.10 Å². The zero-order chi connectivity index (χ0) is 11.7. The zero-order valence-corrected chi connectivity index (χ0v) is 9.86. The predicted octanol–water partition coefficient (Wildman–Crippen LogP) is 1.13. The van der Waals surface area contributed by atoms with Gasteiger partial charge in [-0.05, 0) is 13.0 Å². The highest BCUT2D eigenvalue weighted by molar-refractivity contribution is 7.09. The maximum atomic E-state index is 12.0. The van der Waals surface area contributed by atoms with Gasteiger partial charge in [0.15, 0.2) is 0 Å². The Labute approximate surface area is 96.9 Å². The van der Waals surface area contributed by atoms with Crippen LogP contribution in [0.25, 0.3) is 0 Å². The number of carbonyl (C=O) groups excluding carboxylic acids is 1. The molecule has 0 radical (unpaired) electrons. The van der Waals surface area contributed by atoms with Crippen molar-refractivity contribution in [3.05, 3.63) is 34.0 Å². The molecule has 1 unspecified atom stereocenters. The van der Waals surface area contributed by atoms with Crippen LogP contribution in [0.1, 0.15) is 34.2 Å². The van der Waals surface area contributed by atoms with E-state index in [0.29, 0.717) is 11.4 Å². The van der Waals surface area contributed by atoms with Gasteiger partial charge in [0, 0.05) is 18.6 Å². The topological polar surface area (TPSA) is 73.8 Å². The zero-order valence-electron chi connectivity index (χ0n) is 9.04. The summed E-state index contributed by atoms with van der Waals surface area (Å²) in [5, 5.41) is 6.45. The van der Waals surface area contributed by atoms with E-state index < -0.39 is 0 Å². The van der Waals surface area contributed by atoms with Gasteiger partial charge in [0.1, 0.15) is 16.4 Å².